The zero-order valence-corrected chi connectivity index (χ0v) is 18.8. The van der Waals surface area contributed by atoms with Crippen molar-refractivity contribution in [3.63, 3.8) is 0 Å². The number of methoxy groups -OCH3 is 1. The highest BCUT2D eigenvalue weighted by Gasteiger charge is 2.18. The van der Waals surface area contributed by atoms with Gasteiger partial charge in [0.1, 0.15) is 5.75 Å². The SMILES string of the molecule is COc1ccc(-c2ccc(NC(=O)c3cccc(Cl)c3)cc2)cc1CN1CCC(O)CC1. The number of nitrogens with one attached hydrogen (secondary N) is 1. The maximum atomic E-state index is 12.4. The van der Waals surface area contributed by atoms with E-state index in [1.54, 1.807) is 31.4 Å². The van der Waals surface area contributed by atoms with Crippen LogP contribution in [0.2, 0.25) is 5.02 Å². The minimum Gasteiger partial charge on any atom is -0.496 e. The molecule has 0 unspecified atom stereocenters. The molecule has 4 rings (SSSR count). The maximum absolute atomic E-state index is 12.4. The Morgan fingerprint density at radius 2 is 1.78 bits per heavy atom. The summed E-state index contributed by atoms with van der Waals surface area (Å²) in [6.07, 6.45) is 1.44. The third-order valence-electron chi connectivity index (χ3n) is 5.79. The van der Waals surface area contributed by atoms with Crippen LogP contribution in [0.1, 0.15) is 28.8 Å². The van der Waals surface area contributed by atoms with Gasteiger partial charge in [0.25, 0.3) is 5.91 Å². The van der Waals surface area contributed by atoms with Crippen LogP contribution < -0.4 is 10.1 Å². The number of piperidine rings is 1. The van der Waals surface area contributed by atoms with E-state index in [0.717, 1.165) is 60.6 Å². The number of aliphatic hydroxyl groups excluding tert-OH is 1. The Balaban J connectivity index is 1.48. The average molecular weight is 451 g/mol. The van der Waals surface area contributed by atoms with Crippen molar-refractivity contribution >= 4 is 23.2 Å². The van der Waals surface area contributed by atoms with Crippen LogP contribution in [0.3, 0.4) is 0 Å². The van der Waals surface area contributed by atoms with Gasteiger partial charge in [-0.25, -0.2) is 0 Å². The molecule has 1 heterocycles. The fourth-order valence-electron chi connectivity index (χ4n) is 3.98. The number of benzene rings is 3. The molecule has 6 heteroatoms. The van der Waals surface area contributed by atoms with Crippen LogP contribution in [0.5, 0.6) is 5.75 Å². The van der Waals surface area contributed by atoms with Crippen molar-refractivity contribution in [3.05, 3.63) is 82.9 Å². The van der Waals surface area contributed by atoms with Gasteiger partial charge in [-0.15, -0.1) is 0 Å². The molecule has 5 nitrogen and oxygen atoms in total. The van der Waals surface area contributed by atoms with Crippen molar-refractivity contribution in [3.8, 4) is 16.9 Å². The first-order valence-electron chi connectivity index (χ1n) is 10.8. The summed E-state index contributed by atoms with van der Waals surface area (Å²) in [7, 11) is 1.69. The summed E-state index contributed by atoms with van der Waals surface area (Å²) < 4.78 is 5.58. The Labute approximate surface area is 193 Å². The summed E-state index contributed by atoms with van der Waals surface area (Å²) in [6, 6.07) is 20.9. The molecular formula is C26H27ClN2O3. The Hall–Kier alpha value is -2.86. The highest BCUT2D eigenvalue weighted by Crippen LogP contribution is 2.29. The van der Waals surface area contributed by atoms with Gasteiger partial charge in [-0.1, -0.05) is 35.9 Å². The molecule has 0 aliphatic carbocycles. The van der Waals surface area contributed by atoms with Crippen LogP contribution in [0.4, 0.5) is 5.69 Å². The molecule has 1 fully saturated rings. The fourth-order valence-corrected chi connectivity index (χ4v) is 4.17. The highest BCUT2D eigenvalue weighted by atomic mass is 35.5. The zero-order valence-electron chi connectivity index (χ0n) is 18.1. The monoisotopic (exact) mass is 450 g/mol. The van der Waals surface area contributed by atoms with Crippen LogP contribution >= 0.6 is 11.6 Å². The molecule has 0 atom stereocenters. The van der Waals surface area contributed by atoms with Gasteiger partial charge in [0, 0.05) is 41.5 Å². The lowest BCUT2D eigenvalue weighted by Crippen LogP contribution is -2.35. The molecule has 0 radical (unpaired) electrons. The number of nitrogens with zero attached hydrogens (tertiary/aromatic N) is 1. The molecule has 3 aromatic rings. The molecule has 0 spiro atoms. The van der Waals surface area contributed by atoms with Gasteiger partial charge >= 0.3 is 0 Å². The van der Waals surface area contributed by atoms with Gasteiger partial charge in [-0.05, 0) is 66.4 Å². The summed E-state index contributed by atoms with van der Waals surface area (Å²) in [4.78, 5) is 14.8. The van der Waals surface area contributed by atoms with Crippen LogP contribution in [-0.2, 0) is 6.54 Å². The molecule has 3 aromatic carbocycles. The van der Waals surface area contributed by atoms with E-state index in [2.05, 4.69) is 16.3 Å². The Morgan fingerprint density at radius 1 is 1.06 bits per heavy atom. The lowest BCUT2D eigenvalue weighted by molar-refractivity contribution is 0.0789. The number of rotatable bonds is 6. The van der Waals surface area contributed by atoms with Gasteiger partial charge in [0.05, 0.1) is 13.2 Å². The highest BCUT2D eigenvalue weighted by molar-refractivity contribution is 6.31. The summed E-state index contributed by atoms with van der Waals surface area (Å²) in [5.74, 6) is 0.670. The quantitative estimate of drug-likeness (QED) is 0.540. The normalized spacial score (nSPS) is 14.8. The molecule has 0 bridgehead atoms. The Bertz CT molecular complexity index is 1080. The van der Waals surface area contributed by atoms with E-state index >= 15 is 0 Å². The number of halogens is 1. The Morgan fingerprint density at radius 3 is 2.47 bits per heavy atom. The molecular weight excluding hydrogens is 424 g/mol. The van der Waals surface area contributed by atoms with Gasteiger partial charge < -0.3 is 15.2 Å². The number of hydrogen-bond acceptors (Lipinski definition) is 4. The van der Waals surface area contributed by atoms with E-state index < -0.39 is 0 Å². The molecule has 2 N–H and O–H groups in total. The van der Waals surface area contributed by atoms with Crippen molar-refractivity contribution in [2.45, 2.75) is 25.5 Å². The molecule has 0 saturated carbocycles. The number of carbonyl (C=O) groups excluding carboxylic acids is 1. The minimum absolute atomic E-state index is 0.183. The lowest BCUT2D eigenvalue weighted by Gasteiger charge is -2.30. The number of carbonyl (C=O) groups is 1. The van der Waals surface area contributed by atoms with Crippen molar-refractivity contribution in [1.82, 2.24) is 4.90 Å². The number of amides is 1. The van der Waals surface area contributed by atoms with E-state index in [9.17, 15) is 9.90 Å². The summed E-state index contributed by atoms with van der Waals surface area (Å²) >= 11 is 5.98. The number of aliphatic hydroxyl groups is 1. The van der Waals surface area contributed by atoms with Crippen LogP contribution in [0.15, 0.2) is 66.7 Å². The molecule has 1 aliphatic heterocycles. The summed E-state index contributed by atoms with van der Waals surface area (Å²) in [5.41, 5.74) is 4.51. The first-order valence-corrected chi connectivity index (χ1v) is 11.1. The standard InChI is InChI=1S/C26H27ClN2O3/c1-32-25-10-7-19(15-21(25)17-29-13-11-24(30)12-14-29)18-5-8-23(9-6-18)28-26(31)20-3-2-4-22(27)16-20/h2-10,15-16,24,30H,11-14,17H2,1H3,(H,28,31). The topological polar surface area (TPSA) is 61.8 Å². The van der Waals surface area contributed by atoms with Crippen LogP contribution in [-0.4, -0.2) is 42.2 Å². The second-order valence-corrected chi connectivity index (χ2v) is 8.51. The predicted octanol–water partition coefficient (Wildman–Crippen LogP) is 5.22. The fraction of sp³-hybridized carbons (Fsp3) is 0.269. The molecule has 1 aliphatic rings. The number of ether oxygens (including phenoxy) is 1. The second-order valence-electron chi connectivity index (χ2n) is 8.08. The van der Waals surface area contributed by atoms with Crippen molar-refractivity contribution < 1.29 is 14.6 Å². The smallest absolute Gasteiger partial charge is 0.255 e. The van der Waals surface area contributed by atoms with Gasteiger partial charge in [0.2, 0.25) is 0 Å². The summed E-state index contributed by atoms with van der Waals surface area (Å²) in [5, 5.41) is 13.2. The molecule has 1 saturated heterocycles. The zero-order chi connectivity index (χ0) is 22.5. The van der Waals surface area contributed by atoms with Crippen molar-refractivity contribution in [2.24, 2.45) is 0 Å². The molecule has 1 amide bonds. The summed E-state index contributed by atoms with van der Waals surface area (Å²) in [6.45, 7) is 2.56. The van der Waals surface area contributed by atoms with Crippen LogP contribution in [0.25, 0.3) is 11.1 Å². The maximum Gasteiger partial charge on any atom is 0.255 e. The minimum atomic E-state index is -0.196. The number of hydrogen-bond donors (Lipinski definition) is 2. The van der Waals surface area contributed by atoms with E-state index in [4.69, 9.17) is 16.3 Å². The average Bonchev–Trinajstić information content (AvgIpc) is 2.81. The number of anilines is 1. The van der Waals surface area contributed by atoms with Gasteiger partial charge in [-0.2, -0.15) is 0 Å². The molecule has 166 valence electrons. The van der Waals surface area contributed by atoms with E-state index in [1.807, 2.05) is 36.4 Å². The Kier molecular flexibility index (Phi) is 7.10. The first-order chi connectivity index (χ1) is 15.5. The second kappa shape index (κ2) is 10.2. The van der Waals surface area contributed by atoms with Crippen LogP contribution in [0, 0.1) is 0 Å². The van der Waals surface area contributed by atoms with Crippen molar-refractivity contribution in [2.75, 3.05) is 25.5 Å². The largest absolute Gasteiger partial charge is 0.496 e. The predicted molar refractivity (Wildman–Crippen MR) is 128 cm³/mol. The first kappa shape index (κ1) is 22.3. The lowest BCUT2D eigenvalue weighted by atomic mass is 10.0. The molecule has 32 heavy (non-hydrogen) atoms. The molecule has 0 aromatic heterocycles. The van der Waals surface area contributed by atoms with E-state index in [-0.39, 0.29) is 12.0 Å². The van der Waals surface area contributed by atoms with E-state index in [1.165, 1.54) is 0 Å². The third kappa shape index (κ3) is 5.49. The van der Waals surface area contributed by atoms with Crippen molar-refractivity contribution in [1.29, 1.82) is 0 Å². The van der Waals surface area contributed by atoms with Gasteiger partial charge in [-0.3, -0.25) is 9.69 Å². The number of likely N-dealkylation sites (tertiary alicyclic amines) is 1. The van der Waals surface area contributed by atoms with E-state index in [0.29, 0.717) is 10.6 Å². The van der Waals surface area contributed by atoms with Gasteiger partial charge in [0.15, 0.2) is 0 Å². The third-order valence-corrected chi connectivity index (χ3v) is 6.03.